The lowest BCUT2D eigenvalue weighted by molar-refractivity contribution is 0.478. The fourth-order valence-electron chi connectivity index (χ4n) is 6.83. The van der Waals surface area contributed by atoms with Gasteiger partial charge in [0.25, 0.3) is 50.6 Å². The summed E-state index contributed by atoms with van der Waals surface area (Å²) in [5.41, 5.74) is -0.906. The van der Waals surface area contributed by atoms with Gasteiger partial charge in [0.15, 0.2) is 16.6 Å². The number of halogens is 2. The molecule has 7 rings (SSSR count). The van der Waals surface area contributed by atoms with Crippen molar-refractivity contribution in [1.82, 2.24) is 4.98 Å². The Morgan fingerprint density at radius 2 is 1.08 bits per heavy atom. The van der Waals surface area contributed by atoms with Gasteiger partial charge in [-0.25, -0.2) is 4.98 Å². The van der Waals surface area contributed by atoms with Gasteiger partial charge >= 0.3 is 0 Å². The molecule has 0 amide bonds. The van der Waals surface area contributed by atoms with Gasteiger partial charge in [-0.15, -0.1) is 32.2 Å². The number of thiophene rings is 1. The Kier molecular flexibility index (Phi) is 15.4. The summed E-state index contributed by atoms with van der Waals surface area (Å²) in [6.45, 7) is 1.39. The maximum atomic E-state index is 12.7. The summed E-state index contributed by atoms with van der Waals surface area (Å²) in [4.78, 5) is 0.342. The molecule has 0 aliphatic carbocycles. The summed E-state index contributed by atoms with van der Waals surface area (Å²) in [5.74, 6) is -0.554. The zero-order valence-corrected chi connectivity index (χ0v) is 43.9. The molecular weight excluding hydrogens is 1150 g/mol. The molecule has 0 bridgehead atoms. The van der Waals surface area contributed by atoms with Gasteiger partial charge < -0.3 is 10.6 Å². The summed E-state index contributed by atoms with van der Waals surface area (Å²) < 4.78 is 172. The van der Waals surface area contributed by atoms with Crippen molar-refractivity contribution in [3.8, 4) is 23.3 Å². The van der Waals surface area contributed by atoms with Gasteiger partial charge in [-0.05, 0) is 91.5 Å². The highest BCUT2D eigenvalue weighted by molar-refractivity contribution is 7.98. The van der Waals surface area contributed by atoms with Crippen LogP contribution in [0.15, 0.2) is 135 Å². The Balaban J connectivity index is 1.44. The van der Waals surface area contributed by atoms with Crippen molar-refractivity contribution in [2.45, 2.75) is 36.3 Å². The van der Waals surface area contributed by atoms with Crippen molar-refractivity contribution in [3.05, 3.63) is 112 Å². The molecule has 0 aliphatic rings. The maximum absolute atomic E-state index is 12.7. The van der Waals surface area contributed by atoms with Crippen molar-refractivity contribution in [2.75, 3.05) is 16.9 Å². The number of anilines is 4. The summed E-state index contributed by atoms with van der Waals surface area (Å²) in [6, 6.07) is 19.7. The minimum absolute atomic E-state index is 0.00551. The van der Waals surface area contributed by atoms with Crippen LogP contribution in [0.3, 0.4) is 0 Å². The second-order valence-electron chi connectivity index (χ2n) is 14.8. The number of aromatic nitrogens is 1. The van der Waals surface area contributed by atoms with E-state index in [-0.39, 0.29) is 71.0 Å². The van der Waals surface area contributed by atoms with Crippen LogP contribution >= 0.6 is 46.3 Å². The molecule has 0 fully saturated rings. The fourth-order valence-corrected chi connectivity index (χ4v) is 12.2. The molecule has 0 radical (unpaired) electrons. The van der Waals surface area contributed by atoms with Gasteiger partial charge in [-0.2, -0.15) is 52.6 Å². The molecule has 0 atom stereocenters. The van der Waals surface area contributed by atoms with E-state index in [0.29, 0.717) is 35.1 Å². The van der Waals surface area contributed by atoms with E-state index >= 15 is 0 Å². The molecule has 382 valence electrons. The van der Waals surface area contributed by atoms with Gasteiger partial charge in [-0.3, -0.25) is 22.8 Å². The largest absolute Gasteiger partial charge is 0.339 e. The normalized spacial score (nSPS) is 12.6. The van der Waals surface area contributed by atoms with Crippen LogP contribution in [0.1, 0.15) is 16.7 Å². The Morgan fingerprint density at radius 3 is 1.58 bits per heavy atom. The molecule has 2 heterocycles. The Hall–Kier alpha value is -6.53. The van der Waals surface area contributed by atoms with Crippen LogP contribution in [0.25, 0.3) is 21.9 Å². The standard InChI is InChI=1S/C41H27Cl2N9O15S7/c1-19-28(17-44)38(46-21-5-9-30(42)34(12-21)73(62,63)64)48-39(47-22-6-10-31(43)35(13-22)74(65,66)67)37(19)50-51-40-29(18-45)36(20-3-7-24(68-2)8-4-20)41(69-40)52-49-23-11-26-27(32(14-23)71(56,57)58)15-25(70(53,54)55)16-33(26)72(59,60)61/h3-16H,1-2H3,(H2,46,47,48)(H,53,54,55)(H,56,57,58)(H,59,60,61)(H,62,63,64)(H,65,66,67). The quantitative estimate of drug-likeness (QED) is 0.0285. The lowest BCUT2D eigenvalue weighted by atomic mass is 10.0. The molecule has 2 aromatic heterocycles. The number of rotatable bonds is 15. The topological polar surface area (TPSA) is 406 Å². The number of nitrogens with one attached hydrogen (secondary N) is 2. The first-order valence-corrected chi connectivity index (χ1v) is 29.5. The van der Waals surface area contributed by atoms with Gasteiger partial charge in [0.2, 0.25) is 0 Å². The Morgan fingerprint density at radius 1 is 0.581 bits per heavy atom. The molecule has 24 nitrogen and oxygen atoms in total. The third-order valence-corrected chi connectivity index (χ3v) is 17.1. The molecule has 0 saturated heterocycles. The molecule has 0 unspecified atom stereocenters. The second-order valence-corrected chi connectivity index (χ2v) is 24.5. The number of benzene rings is 5. The maximum Gasteiger partial charge on any atom is 0.296 e. The molecule has 0 saturated carbocycles. The lowest BCUT2D eigenvalue weighted by Gasteiger charge is -2.16. The number of fused-ring (bicyclic) bond motifs is 1. The number of azo groups is 2. The number of thioether (sulfide) groups is 1. The van der Waals surface area contributed by atoms with Crippen molar-refractivity contribution in [2.24, 2.45) is 20.5 Å². The van der Waals surface area contributed by atoms with Crippen molar-refractivity contribution in [1.29, 1.82) is 10.5 Å². The van der Waals surface area contributed by atoms with Gasteiger partial charge in [0.05, 0.1) is 26.2 Å². The zero-order chi connectivity index (χ0) is 54.5. The third kappa shape index (κ3) is 11.9. The van der Waals surface area contributed by atoms with Crippen LogP contribution in [0.5, 0.6) is 0 Å². The highest BCUT2D eigenvalue weighted by Crippen LogP contribution is 2.49. The van der Waals surface area contributed by atoms with Crippen molar-refractivity contribution < 1.29 is 64.9 Å². The summed E-state index contributed by atoms with van der Waals surface area (Å²) in [7, 11) is -25.7. The van der Waals surface area contributed by atoms with Crippen molar-refractivity contribution in [3.63, 3.8) is 0 Å². The van der Waals surface area contributed by atoms with E-state index in [9.17, 15) is 75.4 Å². The Labute approximate surface area is 437 Å². The predicted molar refractivity (Wildman–Crippen MR) is 271 cm³/mol. The van der Waals surface area contributed by atoms with E-state index in [1.807, 2.05) is 12.1 Å². The summed E-state index contributed by atoms with van der Waals surface area (Å²) in [6.07, 6.45) is 1.80. The van der Waals surface area contributed by atoms with Gasteiger partial charge in [-0.1, -0.05) is 46.7 Å². The van der Waals surface area contributed by atoms with E-state index < -0.39 is 91.5 Å². The highest BCUT2D eigenvalue weighted by Gasteiger charge is 2.28. The van der Waals surface area contributed by atoms with E-state index in [1.165, 1.54) is 30.8 Å². The van der Waals surface area contributed by atoms with Crippen molar-refractivity contribution >= 4 is 152 Å². The monoisotopic (exact) mass is 1180 g/mol. The minimum Gasteiger partial charge on any atom is -0.339 e. The van der Waals surface area contributed by atoms with Crippen LogP contribution < -0.4 is 10.6 Å². The molecule has 33 heteroatoms. The third-order valence-electron chi connectivity index (χ3n) is 10.1. The number of hydrogen-bond donors (Lipinski definition) is 7. The van der Waals surface area contributed by atoms with Gasteiger partial charge in [0, 0.05) is 38.2 Å². The average Bonchev–Trinajstić information content (AvgIpc) is 3.66. The SMILES string of the molecule is CSc1ccc(-c2c(N=Nc3cc(S(=O)(=O)O)c4cc(S(=O)(=O)O)cc(S(=O)(=O)O)c4c3)sc(N=Nc3c(Nc4ccc(Cl)c(S(=O)(=O)O)c4)nc(Nc4ccc(Cl)c(S(=O)(=O)O)c4)c(C#N)c3C)c2C#N)cc1. The van der Waals surface area contributed by atoms with Gasteiger partial charge in [0.1, 0.15) is 48.0 Å². The number of pyridine rings is 1. The molecule has 7 aromatic rings. The van der Waals surface area contributed by atoms with Crippen LogP contribution in [0.4, 0.5) is 44.4 Å². The molecule has 0 aliphatic heterocycles. The van der Waals surface area contributed by atoms with Crippen LogP contribution in [-0.2, 0) is 50.6 Å². The van der Waals surface area contributed by atoms with E-state index in [0.717, 1.165) is 35.2 Å². The number of hydrogen-bond acceptors (Lipinski definition) is 21. The molecule has 0 spiro atoms. The van der Waals surface area contributed by atoms with Crippen LogP contribution in [0, 0.1) is 29.6 Å². The average molecular weight is 1180 g/mol. The van der Waals surface area contributed by atoms with E-state index in [4.69, 9.17) is 23.2 Å². The van der Waals surface area contributed by atoms with E-state index in [2.05, 4.69) is 36.1 Å². The molecule has 74 heavy (non-hydrogen) atoms. The number of nitrogens with zero attached hydrogens (tertiary/aromatic N) is 7. The van der Waals surface area contributed by atoms with Crippen LogP contribution in [0.2, 0.25) is 10.0 Å². The Bertz CT molecular complexity index is 4280. The first kappa shape index (κ1) is 55.2. The molecular formula is C41H27Cl2N9O15S7. The summed E-state index contributed by atoms with van der Waals surface area (Å²) >= 11 is 14.1. The van der Waals surface area contributed by atoms with Crippen LogP contribution in [-0.4, -0.2) is 76.1 Å². The lowest BCUT2D eigenvalue weighted by Crippen LogP contribution is -2.07. The van der Waals surface area contributed by atoms with E-state index in [1.54, 1.807) is 30.5 Å². The minimum atomic E-state index is -5.39. The zero-order valence-electron chi connectivity index (χ0n) is 36.6. The number of nitriles is 2. The highest BCUT2D eigenvalue weighted by atomic mass is 35.5. The first-order valence-electron chi connectivity index (χ1n) is 19.5. The summed E-state index contributed by atoms with van der Waals surface area (Å²) in [5, 5.41) is 41.2. The second kappa shape index (κ2) is 20.6. The molecule has 7 N–H and O–H groups in total. The first-order chi connectivity index (χ1) is 34.4. The fraction of sp³-hybridized carbons (Fsp3) is 0.0488. The smallest absolute Gasteiger partial charge is 0.296 e. The predicted octanol–water partition coefficient (Wildman–Crippen LogP) is 10.6. The molecule has 5 aromatic carbocycles.